The van der Waals surface area contributed by atoms with E-state index < -0.39 is 31.3 Å². The molecule has 192 valence electrons. The number of aryl methyl sites for hydroxylation is 1. The van der Waals surface area contributed by atoms with Gasteiger partial charge in [-0.3, -0.25) is 20.8 Å². The first-order chi connectivity index (χ1) is 17.2. The molecular weight excluding hydrogens is 482 g/mol. The van der Waals surface area contributed by atoms with E-state index in [4.69, 9.17) is 10.6 Å². The van der Waals surface area contributed by atoms with E-state index in [9.17, 15) is 23.3 Å². The van der Waals surface area contributed by atoms with Gasteiger partial charge in [0.1, 0.15) is 5.76 Å². The summed E-state index contributed by atoms with van der Waals surface area (Å²) < 4.78 is 33.6. The average molecular weight is 514 g/mol. The van der Waals surface area contributed by atoms with Crippen LogP contribution in [0.4, 0.5) is 5.69 Å². The highest BCUT2D eigenvalue weighted by molar-refractivity contribution is 7.93. The van der Waals surface area contributed by atoms with Crippen molar-refractivity contribution in [1.29, 1.82) is 0 Å². The summed E-state index contributed by atoms with van der Waals surface area (Å²) in [5.74, 6) is 4.51. The number of carbonyl (C=O) groups is 1. The number of allylic oxidation sites excluding steroid dienone is 1. The number of ether oxygens (including phenoxy) is 1. The molecule has 0 fully saturated rings. The second-order valence-corrected chi connectivity index (χ2v) is 10.9. The average Bonchev–Trinajstić information content (AvgIpc) is 2.88. The molecular formula is C26H31N3O6S. The van der Waals surface area contributed by atoms with Crippen molar-refractivity contribution in [2.45, 2.75) is 49.3 Å². The quantitative estimate of drug-likeness (QED) is 0.140. The molecule has 0 aromatic heterocycles. The number of unbranched alkanes of at least 4 members (excludes halogenated alkanes) is 3. The van der Waals surface area contributed by atoms with Gasteiger partial charge in [0.05, 0.1) is 22.3 Å². The summed E-state index contributed by atoms with van der Waals surface area (Å²) in [5.41, 5.74) is 3.39. The fraction of sp³-hybridized carbons (Fsp3) is 0.346. The van der Waals surface area contributed by atoms with Crippen LogP contribution in [0, 0.1) is 23.0 Å². The van der Waals surface area contributed by atoms with Crippen LogP contribution in [0.25, 0.3) is 0 Å². The lowest BCUT2D eigenvalue weighted by Crippen LogP contribution is -2.61. The van der Waals surface area contributed by atoms with Crippen molar-refractivity contribution in [2.24, 2.45) is 11.8 Å². The number of hydrazine groups is 1. The van der Waals surface area contributed by atoms with Gasteiger partial charge in [0, 0.05) is 17.7 Å². The maximum Gasteiger partial charge on any atom is 0.269 e. The Balaban J connectivity index is 2.03. The fourth-order valence-electron chi connectivity index (χ4n) is 4.05. The Labute approximate surface area is 211 Å². The summed E-state index contributed by atoms with van der Waals surface area (Å²) in [6.45, 7) is 4.42. The van der Waals surface area contributed by atoms with E-state index in [2.05, 4.69) is 12.3 Å². The Kier molecular flexibility index (Phi) is 8.78. The second kappa shape index (κ2) is 11.6. The van der Waals surface area contributed by atoms with E-state index in [1.807, 2.05) is 6.92 Å². The number of rotatable bonds is 12. The highest BCUT2D eigenvalue weighted by atomic mass is 32.2. The summed E-state index contributed by atoms with van der Waals surface area (Å²) >= 11 is 0. The van der Waals surface area contributed by atoms with Crippen LogP contribution in [0.5, 0.6) is 0 Å². The Morgan fingerprint density at radius 1 is 1.11 bits per heavy atom. The number of hydrogen-bond donors (Lipinski definition) is 2. The topological polar surface area (TPSA) is 142 Å². The predicted octanol–water partition coefficient (Wildman–Crippen LogP) is 4.39. The van der Waals surface area contributed by atoms with Crippen molar-refractivity contribution in [2.75, 3.05) is 6.61 Å². The number of nitrogens with two attached hydrogens (primary N) is 1. The number of nitrogens with one attached hydrogen (secondary N) is 1. The Morgan fingerprint density at radius 3 is 2.36 bits per heavy atom. The molecule has 0 bridgehead atoms. The lowest BCUT2D eigenvalue weighted by molar-refractivity contribution is -0.384. The standard InChI is InChI=1S/C26H31N3O6S/c1-3-4-5-6-17-35-22-15-16-26(28-27,24(18-22)25(30)20-9-7-19(2)8-10-20)36(33,34)23-13-11-21(12-14-23)29(31)32/h7-16,18,24,28H,3-6,17,27H2,1-2H3. The van der Waals surface area contributed by atoms with Crippen LogP contribution in [0.1, 0.15) is 48.5 Å². The molecule has 0 amide bonds. The number of benzene rings is 2. The van der Waals surface area contributed by atoms with Crippen molar-refractivity contribution in [1.82, 2.24) is 5.43 Å². The van der Waals surface area contributed by atoms with Gasteiger partial charge in [-0.05, 0) is 43.7 Å². The largest absolute Gasteiger partial charge is 0.494 e. The summed E-state index contributed by atoms with van der Waals surface area (Å²) in [5, 5.41) is 11.0. The molecule has 2 unspecified atom stereocenters. The zero-order valence-corrected chi connectivity index (χ0v) is 21.2. The highest BCUT2D eigenvalue weighted by Crippen LogP contribution is 2.38. The van der Waals surface area contributed by atoms with Crippen molar-refractivity contribution >= 4 is 21.3 Å². The van der Waals surface area contributed by atoms with Gasteiger partial charge in [-0.1, -0.05) is 56.0 Å². The molecule has 0 spiro atoms. The van der Waals surface area contributed by atoms with Gasteiger partial charge in [0.25, 0.3) is 5.69 Å². The maximum atomic E-state index is 13.9. The molecule has 2 atom stereocenters. The molecule has 3 rings (SSSR count). The molecule has 2 aromatic rings. The summed E-state index contributed by atoms with van der Waals surface area (Å²) in [7, 11) is -4.35. The van der Waals surface area contributed by atoms with E-state index >= 15 is 0 Å². The third kappa shape index (κ3) is 5.56. The molecule has 1 aliphatic rings. The van der Waals surface area contributed by atoms with Crippen molar-refractivity contribution in [3.8, 4) is 0 Å². The fourth-order valence-corrected chi connectivity index (χ4v) is 5.85. The van der Waals surface area contributed by atoms with Crippen LogP contribution < -0.4 is 11.3 Å². The minimum absolute atomic E-state index is 0.213. The van der Waals surface area contributed by atoms with Gasteiger partial charge < -0.3 is 4.74 Å². The Morgan fingerprint density at radius 2 is 1.78 bits per heavy atom. The van der Waals surface area contributed by atoms with Gasteiger partial charge in [-0.25, -0.2) is 13.8 Å². The zero-order chi connectivity index (χ0) is 26.3. The van der Waals surface area contributed by atoms with Gasteiger partial charge in [0.2, 0.25) is 9.84 Å². The van der Waals surface area contributed by atoms with Crippen LogP contribution in [0.3, 0.4) is 0 Å². The number of sulfone groups is 1. The SMILES string of the molecule is CCCCCCOC1=CC(C(=O)c2ccc(C)cc2)C(NN)(S(=O)(=O)c2ccc([N+](=O)[O-])cc2)C=C1. The van der Waals surface area contributed by atoms with Gasteiger partial charge >= 0.3 is 0 Å². The van der Waals surface area contributed by atoms with E-state index in [0.29, 0.717) is 17.9 Å². The van der Waals surface area contributed by atoms with Gasteiger partial charge in [0.15, 0.2) is 10.7 Å². The number of nitrogens with zero attached hydrogens (tertiary/aromatic N) is 1. The van der Waals surface area contributed by atoms with E-state index in [1.54, 1.807) is 24.3 Å². The summed E-state index contributed by atoms with van der Waals surface area (Å²) in [6.07, 6.45) is 8.29. The van der Waals surface area contributed by atoms with Crippen LogP contribution in [-0.2, 0) is 14.6 Å². The first-order valence-corrected chi connectivity index (χ1v) is 13.3. The van der Waals surface area contributed by atoms with Crippen LogP contribution in [0.15, 0.2) is 77.4 Å². The monoisotopic (exact) mass is 513 g/mol. The molecule has 0 heterocycles. The van der Waals surface area contributed by atoms with Crippen molar-refractivity contribution in [3.63, 3.8) is 0 Å². The van der Waals surface area contributed by atoms with Gasteiger partial charge in [-0.15, -0.1) is 0 Å². The Bertz CT molecular complexity index is 1250. The third-order valence-corrected chi connectivity index (χ3v) is 8.49. The molecule has 0 saturated carbocycles. The van der Waals surface area contributed by atoms with Crippen LogP contribution >= 0.6 is 0 Å². The second-order valence-electron chi connectivity index (χ2n) is 8.71. The van der Waals surface area contributed by atoms with E-state index in [0.717, 1.165) is 55.5 Å². The number of carbonyl (C=O) groups excluding carboxylic acids is 1. The molecule has 9 nitrogen and oxygen atoms in total. The highest BCUT2D eigenvalue weighted by Gasteiger charge is 2.52. The summed E-state index contributed by atoms with van der Waals surface area (Å²) in [6, 6.07) is 11.3. The van der Waals surface area contributed by atoms with Gasteiger partial charge in [-0.2, -0.15) is 0 Å². The normalized spacial score (nSPS) is 19.5. The number of Topliss-reactive ketones (excluding diaryl/α,β-unsaturated/α-hetero) is 1. The number of non-ortho nitro benzene ring substituents is 1. The maximum absolute atomic E-state index is 13.9. The van der Waals surface area contributed by atoms with Crippen LogP contribution in [0.2, 0.25) is 0 Å². The molecule has 0 radical (unpaired) electrons. The number of ketones is 1. The molecule has 0 aliphatic heterocycles. The molecule has 10 heteroatoms. The lowest BCUT2D eigenvalue weighted by Gasteiger charge is -2.37. The summed E-state index contributed by atoms with van der Waals surface area (Å²) in [4.78, 5) is 21.8. The minimum Gasteiger partial charge on any atom is -0.494 e. The minimum atomic E-state index is -4.35. The van der Waals surface area contributed by atoms with Crippen molar-refractivity contribution in [3.05, 3.63) is 93.8 Å². The number of nitro groups is 1. The van der Waals surface area contributed by atoms with Crippen LogP contribution in [-0.4, -0.2) is 30.6 Å². The first kappa shape index (κ1) is 27.3. The van der Waals surface area contributed by atoms with Crippen molar-refractivity contribution < 1.29 is 22.9 Å². The number of nitro benzene ring substituents is 1. The smallest absolute Gasteiger partial charge is 0.269 e. The van der Waals surface area contributed by atoms with E-state index in [1.165, 1.54) is 18.2 Å². The molecule has 3 N–H and O–H groups in total. The number of hydrogen-bond acceptors (Lipinski definition) is 8. The van der Waals surface area contributed by atoms with E-state index in [-0.39, 0.29) is 10.6 Å². The predicted molar refractivity (Wildman–Crippen MR) is 137 cm³/mol. The molecule has 0 saturated heterocycles. The molecule has 36 heavy (non-hydrogen) atoms. The first-order valence-electron chi connectivity index (χ1n) is 11.8. The zero-order valence-electron chi connectivity index (χ0n) is 20.3. The Hall–Kier alpha value is -3.34. The molecule has 1 aliphatic carbocycles. The third-order valence-electron chi connectivity index (χ3n) is 6.20. The lowest BCUT2D eigenvalue weighted by atomic mass is 9.86. The molecule has 2 aromatic carbocycles.